The Labute approximate surface area is 244 Å². The van der Waals surface area contributed by atoms with E-state index >= 15 is 4.39 Å². The fraction of sp³-hybridized carbons (Fsp3) is 0.267. The van der Waals surface area contributed by atoms with Crippen LogP contribution in [0.1, 0.15) is 19.5 Å². The van der Waals surface area contributed by atoms with Gasteiger partial charge in [-0.05, 0) is 37.4 Å². The number of pyridine rings is 1. The van der Waals surface area contributed by atoms with E-state index in [0.29, 0.717) is 40.4 Å². The number of amides is 1. The van der Waals surface area contributed by atoms with Gasteiger partial charge in [0.2, 0.25) is 5.91 Å². The van der Waals surface area contributed by atoms with Crippen molar-refractivity contribution in [2.24, 2.45) is 7.05 Å². The first-order valence-corrected chi connectivity index (χ1v) is 14.2. The molecule has 5 aromatic rings. The van der Waals surface area contributed by atoms with Gasteiger partial charge in [-0.1, -0.05) is 6.58 Å². The van der Waals surface area contributed by atoms with Crippen molar-refractivity contribution in [1.82, 2.24) is 29.4 Å². The molecule has 1 aliphatic heterocycles. The topological polar surface area (TPSA) is 98.3 Å². The van der Waals surface area contributed by atoms with Crippen LogP contribution in [0.25, 0.3) is 43.9 Å². The van der Waals surface area contributed by atoms with Gasteiger partial charge in [0.05, 0.1) is 42.3 Å². The summed E-state index contributed by atoms with van der Waals surface area (Å²) in [5, 5.41) is 21.7. The zero-order valence-corrected chi connectivity index (χ0v) is 24.0. The molecule has 216 valence electrons. The van der Waals surface area contributed by atoms with E-state index in [9.17, 15) is 14.3 Å². The Morgan fingerprint density at radius 1 is 1.29 bits per heavy atom. The van der Waals surface area contributed by atoms with E-state index in [1.54, 1.807) is 15.8 Å². The van der Waals surface area contributed by atoms with Crippen LogP contribution in [0.4, 0.5) is 8.78 Å². The van der Waals surface area contributed by atoms with E-state index in [1.165, 1.54) is 24.3 Å². The number of benzene rings is 1. The third-order valence-corrected chi connectivity index (χ3v) is 8.13. The van der Waals surface area contributed by atoms with Gasteiger partial charge in [-0.15, -0.1) is 11.3 Å². The number of nitrogens with zero attached hydrogens (tertiary/aromatic N) is 6. The van der Waals surface area contributed by atoms with Gasteiger partial charge in [0, 0.05) is 52.6 Å². The molecule has 12 heteroatoms. The van der Waals surface area contributed by atoms with Crippen LogP contribution in [0.5, 0.6) is 5.75 Å². The molecule has 1 aliphatic rings. The van der Waals surface area contributed by atoms with Gasteiger partial charge in [-0.25, -0.2) is 13.8 Å². The largest absolute Gasteiger partial charge is 0.490 e. The SMILES string of the molecule is C=CC(=O)N1Cc2cc(-c3nc(-c4cnn(C)c4)c4ccsc4c3-c3c(F)cc(F)cc3OCC(C)O)nn2CC1C. The highest BCUT2D eigenvalue weighted by atomic mass is 32.1. The van der Waals surface area contributed by atoms with E-state index in [4.69, 9.17) is 14.8 Å². The van der Waals surface area contributed by atoms with E-state index in [-0.39, 0.29) is 29.9 Å². The lowest BCUT2D eigenvalue weighted by atomic mass is 9.97. The number of hydrogen-bond donors (Lipinski definition) is 1. The summed E-state index contributed by atoms with van der Waals surface area (Å²) < 4.78 is 40.3. The van der Waals surface area contributed by atoms with Crippen LogP contribution in [-0.4, -0.2) is 59.2 Å². The van der Waals surface area contributed by atoms with Crippen molar-refractivity contribution in [2.75, 3.05) is 6.61 Å². The summed E-state index contributed by atoms with van der Waals surface area (Å²) in [6.45, 7) is 7.69. The van der Waals surface area contributed by atoms with Gasteiger partial charge < -0.3 is 14.7 Å². The number of aliphatic hydroxyl groups excluding tert-OH is 1. The molecule has 0 bridgehead atoms. The lowest BCUT2D eigenvalue weighted by molar-refractivity contribution is -0.129. The highest BCUT2D eigenvalue weighted by Crippen LogP contribution is 2.47. The molecule has 0 radical (unpaired) electrons. The second kappa shape index (κ2) is 10.8. The molecule has 2 atom stereocenters. The summed E-state index contributed by atoms with van der Waals surface area (Å²) in [4.78, 5) is 19.3. The highest BCUT2D eigenvalue weighted by Gasteiger charge is 2.30. The molecular formula is C30H28F2N6O3S. The minimum atomic E-state index is -0.862. The van der Waals surface area contributed by atoms with Crippen LogP contribution in [0.3, 0.4) is 0 Å². The Balaban J connectivity index is 1.63. The van der Waals surface area contributed by atoms with E-state index in [1.807, 2.05) is 42.4 Å². The van der Waals surface area contributed by atoms with Crippen LogP contribution in [0.15, 0.2) is 54.7 Å². The zero-order chi connectivity index (χ0) is 29.7. The van der Waals surface area contributed by atoms with Gasteiger partial charge in [0.15, 0.2) is 0 Å². The fourth-order valence-electron chi connectivity index (χ4n) is 5.27. The second-order valence-electron chi connectivity index (χ2n) is 10.4. The molecule has 0 spiro atoms. The highest BCUT2D eigenvalue weighted by molar-refractivity contribution is 7.18. The number of thiophene rings is 1. The van der Waals surface area contributed by atoms with Gasteiger partial charge in [-0.3, -0.25) is 14.2 Å². The van der Waals surface area contributed by atoms with Gasteiger partial charge in [-0.2, -0.15) is 10.2 Å². The number of ether oxygens (including phenoxy) is 1. The number of aryl methyl sites for hydroxylation is 1. The molecule has 9 nitrogen and oxygen atoms in total. The molecule has 5 heterocycles. The average Bonchev–Trinajstić information content (AvgIpc) is 3.70. The summed E-state index contributed by atoms with van der Waals surface area (Å²) in [5.41, 5.74) is 3.43. The predicted octanol–water partition coefficient (Wildman–Crippen LogP) is 5.18. The molecule has 2 unspecified atom stereocenters. The number of fused-ring (bicyclic) bond motifs is 2. The number of aliphatic hydroxyl groups is 1. The van der Waals surface area contributed by atoms with Crippen molar-refractivity contribution in [3.05, 3.63) is 72.0 Å². The number of hydrogen-bond acceptors (Lipinski definition) is 7. The standard InChI is InChI=1S/C30H28F2N6O3S/c1-5-25(40)37-14-20-10-23(35-38(20)12-16(37)2)29-27(26-22(32)8-19(31)9-24(26)41-15-17(3)39)30-21(6-7-42-30)28(34-29)18-11-33-36(4)13-18/h5-11,13,16-17,39H,1,12,14-15H2,2-4H3. The van der Waals surface area contributed by atoms with Crippen LogP contribution in [0, 0.1) is 11.6 Å². The van der Waals surface area contributed by atoms with Crippen LogP contribution < -0.4 is 4.74 Å². The quantitative estimate of drug-likeness (QED) is 0.262. The molecule has 1 aromatic carbocycles. The summed E-state index contributed by atoms with van der Waals surface area (Å²) in [5.74, 6) is -1.87. The van der Waals surface area contributed by atoms with Crippen molar-refractivity contribution >= 4 is 27.3 Å². The predicted molar refractivity (Wildman–Crippen MR) is 156 cm³/mol. The molecule has 4 aromatic heterocycles. The Hall–Kier alpha value is -4.42. The maximum atomic E-state index is 15.8. The molecule has 0 aliphatic carbocycles. The van der Waals surface area contributed by atoms with Crippen LogP contribution in [-0.2, 0) is 24.9 Å². The zero-order valence-electron chi connectivity index (χ0n) is 23.2. The van der Waals surface area contributed by atoms with Crippen LogP contribution in [0.2, 0.25) is 0 Å². The lowest BCUT2D eigenvalue weighted by Crippen LogP contribution is -2.44. The first-order valence-electron chi connectivity index (χ1n) is 13.3. The van der Waals surface area contributed by atoms with E-state index in [2.05, 4.69) is 11.7 Å². The first-order chi connectivity index (χ1) is 20.1. The summed E-state index contributed by atoms with van der Waals surface area (Å²) in [7, 11) is 1.81. The summed E-state index contributed by atoms with van der Waals surface area (Å²) >= 11 is 1.39. The molecule has 42 heavy (non-hydrogen) atoms. The van der Waals surface area contributed by atoms with Gasteiger partial charge >= 0.3 is 0 Å². The van der Waals surface area contributed by atoms with Crippen molar-refractivity contribution in [1.29, 1.82) is 0 Å². The Morgan fingerprint density at radius 2 is 2.10 bits per heavy atom. The molecule has 6 rings (SSSR count). The Bertz CT molecular complexity index is 1840. The molecule has 0 saturated heterocycles. The third-order valence-electron chi connectivity index (χ3n) is 7.20. The fourth-order valence-corrected chi connectivity index (χ4v) is 6.22. The molecule has 0 fully saturated rings. The number of carbonyl (C=O) groups excluding carboxylic acids is 1. The van der Waals surface area contributed by atoms with Crippen molar-refractivity contribution < 1.29 is 23.4 Å². The molecule has 1 N–H and O–H groups in total. The minimum Gasteiger partial charge on any atom is -0.490 e. The number of halogens is 2. The van der Waals surface area contributed by atoms with Gasteiger partial charge in [0.25, 0.3) is 0 Å². The number of carbonyl (C=O) groups is 1. The third kappa shape index (κ3) is 4.86. The maximum absolute atomic E-state index is 15.8. The van der Waals surface area contributed by atoms with E-state index in [0.717, 1.165) is 28.8 Å². The maximum Gasteiger partial charge on any atom is 0.246 e. The summed E-state index contributed by atoms with van der Waals surface area (Å²) in [6, 6.07) is 5.53. The molecule has 1 amide bonds. The van der Waals surface area contributed by atoms with Crippen molar-refractivity contribution in [3.8, 4) is 39.5 Å². The minimum absolute atomic E-state index is 0.0209. The molecular weight excluding hydrogens is 562 g/mol. The monoisotopic (exact) mass is 590 g/mol. The Morgan fingerprint density at radius 3 is 2.81 bits per heavy atom. The average molecular weight is 591 g/mol. The van der Waals surface area contributed by atoms with E-state index < -0.39 is 17.7 Å². The smallest absolute Gasteiger partial charge is 0.246 e. The molecule has 0 saturated carbocycles. The summed E-state index contributed by atoms with van der Waals surface area (Å²) in [6.07, 6.45) is 3.98. The second-order valence-corrected chi connectivity index (χ2v) is 11.3. The van der Waals surface area contributed by atoms with Gasteiger partial charge in [0.1, 0.15) is 35.4 Å². The van der Waals surface area contributed by atoms with Crippen LogP contribution >= 0.6 is 11.3 Å². The normalized spacial score (nSPS) is 15.6. The number of aromatic nitrogens is 5. The number of rotatable bonds is 7. The Kier molecular flexibility index (Phi) is 7.11. The lowest BCUT2D eigenvalue weighted by Gasteiger charge is -2.33. The van der Waals surface area contributed by atoms with Crippen molar-refractivity contribution in [3.63, 3.8) is 0 Å². The first kappa shape index (κ1) is 27.7. The van der Waals surface area contributed by atoms with Crippen molar-refractivity contribution in [2.45, 2.75) is 39.1 Å².